The summed E-state index contributed by atoms with van der Waals surface area (Å²) in [7, 11) is 1.53. The van der Waals surface area contributed by atoms with Crippen molar-refractivity contribution in [2.45, 2.75) is 6.18 Å². The molecule has 3 rings (SSSR count). The Morgan fingerprint density at radius 1 is 1.00 bits per heavy atom. The van der Waals surface area contributed by atoms with Gasteiger partial charge in [-0.3, -0.25) is 9.78 Å². The first-order chi connectivity index (χ1) is 12.4. The minimum Gasteiger partial charge on any atom is -0.497 e. The van der Waals surface area contributed by atoms with Crippen molar-refractivity contribution in [2.75, 3.05) is 12.4 Å². The third kappa shape index (κ3) is 3.82. The number of rotatable bonds is 4. The summed E-state index contributed by atoms with van der Waals surface area (Å²) in [6.45, 7) is 0. The van der Waals surface area contributed by atoms with Crippen molar-refractivity contribution in [1.29, 1.82) is 0 Å². The Bertz CT molecular complexity index is 951. The zero-order chi connectivity index (χ0) is 18.7. The molecule has 0 aliphatic carbocycles. The Hall–Kier alpha value is -3.36. The second kappa shape index (κ2) is 6.87. The highest BCUT2D eigenvalue weighted by Gasteiger charge is 2.29. The van der Waals surface area contributed by atoms with Gasteiger partial charge < -0.3 is 10.1 Å². The van der Waals surface area contributed by atoms with Gasteiger partial charge in [-0.05, 0) is 48.5 Å². The van der Waals surface area contributed by atoms with Crippen LogP contribution < -0.4 is 15.6 Å². The van der Waals surface area contributed by atoms with E-state index in [9.17, 15) is 18.0 Å². The van der Waals surface area contributed by atoms with Crippen molar-refractivity contribution in [2.24, 2.45) is 0 Å². The lowest BCUT2D eigenvalue weighted by atomic mass is 10.1. The van der Waals surface area contributed by atoms with Crippen molar-refractivity contribution >= 4 is 11.6 Å². The highest BCUT2D eigenvalue weighted by molar-refractivity contribution is 5.60. The minimum atomic E-state index is -4.41. The molecular weight excluding hydrogens is 349 g/mol. The first-order valence-electron chi connectivity index (χ1n) is 7.42. The van der Waals surface area contributed by atoms with Gasteiger partial charge in [-0.25, -0.2) is 0 Å². The van der Waals surface area contributed by atoms with Crippen LogP contribution in [0, 0.1) is 0 Å². The molecule has 0 saturated carbocycles. The number of H-pyrrole nitrogens is 1. The molecule has 2 N–H and O–H groups in total. The molecular formula is C17H13F3N4O2. The van der Waals surface area contributed by atoms with E-state index in [-0.39, 0.29) is 11.6 Å². The number of aromatic nitrogens is 3. The smallest absolute Gasteiger partial charge is 0.416 e. The molecule has 3 aromatic rings. The molecule has 0 radical (unpaired) electrons. The molecule has 134 valence electrons. The van der Waals surface area contributed by atoms with Crippen molar-refractivity contribution < 1.29 is 17.9 Å². The SMILES string of the molecule is COc1ccc(-c2nnc(Nc3ccc(C(F)(F)F)cc3)[nH]c2=O)cc1. The molecule has 0 saturated heterocycles. The zero-order valence-corrected chi connectivity index (χ0v) is 13.5. The summed E-state index contributed by atoms with van der Waals surface area (Å²) in [5.74, 6) is 0.658. The highest BCUT2D eigenvalue weighted by atomic mass is 19.4. The lowest BCUT2D eigenvalue weighted by Gasteiger charge is -2.09. The normalized spacial score (nSPS) is 11.2. The second-order valence-electron chi connectivity index (χ2n) is 5.28. The minimum absolute atomic E-state index is 0.0204. The topological polar surface area (TPSA) is 79.9 Å². The van der Waals surface area contributed by atoms with E-state index in [4.69, 9.17) is 4.74 Å². The van der Waals surface area contributed by atoms with Crippen LogP contribution in [0.3, 0.4) is 0 Å². The Kier molecular flexibility index (Phi) is 4.61. The maximum Gasteiger partial charge on any atom is 0.416 e. The number of nitrogens with one attached hydrogen (secondary N) is 2. The lowest BCUT2D eigenvalue weighted by Crippen LogP contribution is -2.15. The van der Waals surface area contributed by atoms with Gasteiger partial charge in [0.15, 0.2) is 5.69 Å². The fraction of sp³-hybridized carbons (Fsp3) is 0.118. The lowest BCUT2D eigenvalue weighted by molar-refractivity contribution is -0.137. The van der Waals surface area contributed by atoms with Crippen LogP contribution >= 0.6 is 0 Å². The highest BCUT2D eigenvalue weighted by Crippen LogP contribution is 2.30. The van der Waals surface area contributed by atoms with E-state index < -0.39 is 17.3 Å². The maximum atomic E-state index is 12.6. The molecule has 2 aromatic carbocycles. The summed E-state index contributed by atoms with van der Waals surface area (Å²) in [6.07, 6.45) is -4.41. The number of alkyl halides is 3. The molecule has 0 fully saturated rings. The van der Waals surface area contributed by atoms with Crippen LogP contribution in [0.1, 0.15) is 5.56 Å². The average Bonchev–Trinajstić information content (AvgIpc) is 2.62. The molecule has 0 amide bonds. The van der Waals surface area contributed by atoms with Gasteiger partial charge in [0, 0.05) is 11.3 Å². The van der Waals surface area contributed by atoms with Gasteiger partial charge in [0.05, 0.1) is 12.7 Å². The number of aromatic amines is 1. The number of hydrogen-bond donors (Lipinski definition) is 2. The molecule has 1 aromatic heterocycles. The number of methoxy groups -OCH3 is 1. The van der Waals surface area contributed by atoms with Gasteiger partial charge in [0.1, 0.15) is 5.75 Å². The molecule has 6 nitrogen and oxygen atoms in total. The van der Waals surface area contributed by atoms with Crippen molar-refractivity contribution in [3.8, 4) is 17.0 Å². The number of halogens is 3. The molecule has 0 bridgehead atoms. The number of nitrogens with zero attached hydrogens (tertiary/aromatic N) is 2. The average molecular weight is 362 g/mol. The summed E-state index contributed by atoms with van der Waals surface area (Å²) in [5.41, 5.74) is -0.247. The van der Waals surface area contributed by atoms with Crippen molar-refractivity contribution in [3.05, 3.63) is 64.4 Å². The summed E-state index contributed by atoms with van der Waals surface area (Å²) >= 11 is 0. The quantitative estimate of drug-likeness (QED) is 0.741. The molecule has 0 aliphatic rings. The molecule has 0 atom stereocenters. The van der Waals surface area contributed by atoms with E-state index in [1.54, 1.807) is 24.3 Å². The third-order valence-corrected chi connectivity index (χ3v) is 3.54. The zero-order valence-electron chi connectivity index (χ0n) is 13.5. The summed E-state index contributed by atoms with van der Waals surface area (Å²) < 4.78 is 42.7. The largest absolute Gasteiger partial charge is 0.497 e. The molecule has 0 spiro atoms. The van der Waals surface area contributed by atoms with Gasteiger partial charge in [-0.2, -0.15) is 13.2 Å². The van der Waals surface area contributed by atoms with E-state index in [0.717, 1.165) is 12.1 Å². The first kappa shape index (κ1) is 17.5. The van der Waals surface area contributed by atoms with Crippen LogP contribution in [0.5, 0.6) is 5.75 Å². The van der Waals surface area contributed by atoms with Gasteiger partial charge in [0.2, 0.25) is 5.95 Å². The molecule has 26 heavy (non-hydrogen) atoms. The van der Waals surface area contributed by atoms with Gasteiger partial charge >= 0.3 is 6.18 Å². The number of ether oxygens (including phenoxy) is 1. The van der Waals surface area contributed by atoms with E-state index >= 15 is 0 Å². The number of hydrogen-bond acceptors (Lipinski definition) is 5. The van der Waals surface area contributed by atoms with E-state index in [1.165, 1.54) is 19.2 Å². The fourth-order valence-corrected chi connectivity index (χ4v) is 2.21. The fourth-order valence-electron chi connectivity index (χ4n) is 2.21. The summed E-state index contributed by atoms with van der Waals surface area (Å²) in [5, 5.41) is 10.4. The number of anilines is 2. The predicted molar refractivity (Wildman–Crippen MR) is 89.4 cm³/mol. The van der Waals surface area contributed by atoms with Crippen LogP contribution in [0.15, 0.2) is 53.3 Å². The van der Waals surface area contributed by atoms with Crippen LogP contribution in [-0.4, -0.2) is 22.3 Å². The monoisotopic (exact) mass is 362 g/mol. The van der Waals surface area contributed by atoms with Gasteiger partial charge in [-0.15, -0.1) is 10.2 Å². The Balaban J connectivity index is 1.80. The Morgan fingerprint density at radius 3 is 2.19 bits per heavy atom. The predicted octanol–water partition coefficient (Wildman–Crippen LogP) is 3.60. The molecule has 9 heteroatoms. The number of benzene rings is 2. The Morgan fingerprint density at radius 2 is 1.65 bits per heavy atom. The van der Waals surface area contributed by atoms with Gasteiger partial charge in [0.25, 0.3) is 5.56 Å². The van der Waals surface area contributed by atoms with Crippen LogP contribution in [0.2, 0.25) is 0 Å². The second-order valence-corrected chi connectivity index (χ2v) is 5.28. The molecule has 0 unspecified atom stereocenters. The molecule has 0 aliphatic heterocycles. The van der Waals surface area contributed by atoms with E-state index in [2.05, 4.69) is 20.5 Å². The summed E-state index contributed by atoms with van der Waals surface area (Å²) in [6, 6.07) is 11.0. The van der Waals surface area contributed by atoms with Crippen LogP contribution in [0.25, 0.3) is 11.3 Å². The van der Waals surface area contributed by atoms with E-state index in [0.29, 0.717) is 17.0 Å². The standard InChI is InChI=1S/C17H13F3N4O2/c1-26-13-8-2-10(3-9-13)14-15(25)22-16(24-23-14)21-12-6-4-11(5-7-12)17(18,19)20/h2-9H,1H3,(H2,21,22,24,25). The van der Waals surface area contributed by atoms with E-state index in [1.807, 2.05) is 0 Å². The van der Waals surface area contributed by atoms with Gasteiger partial charge in [-0.1, -0.05) is 0 Å². The summed E-state index contributed by atoms with van der Waals surface area (Å²) in [4.78, 5) is 14.7. The van der Waals surface area contributed by atoms with Crippen molar-refractivity contribution in [3.63, 3.8) is 0 Å². The molecule has 1 heterocycles. The van der Waals surface area contributed by atoms with Crippen LogP contribution in [0.4, 0.5) is 24.8 Å². The first-order valence-corrected chi connectivity index (χ1v) is 7.42. The third-order valence-electron chi connectivity index (χ3n) is 3.54. The Labute approximate surface area is 145 Å². The van der Waals surface area contributed by atoms with Crippen molar-refractivity contribution in [1.82, 2.24) is 15.2 Å². The van der Waals surface area contributed by atoms with Crippen LogP contribution in [-0.2, 0) is 6.18 Å². The maximum absolute atomic E-state index is 12.6.